The molecule has 1 atom stereocenters. The van der Waals surface area contributed by atoms with Crippen LogP contribution < -0.4 is 0 Å². The number of hydrogen-bond acceptors (Lipinski definition) is 4. The molecule has 1 heterocycles. The second-order valence-corrected chi connectivity index (χ2v) is 5.68. The fraction of sp³-hybridized carbons (Fsp3) is 0.294. The molecule has 1 aromatic carbocycles. The van der Waals surface area contributed by atoms with Crippen LogP contribution in [0.5, 0.6) is 0 Å². The van der Waals surface area contributed by atoms with Gasteiger partial charge < -0.3 is 9.47 Å². The van der Waals surface area contributed by atoms with Gasteiger partial charge in [-0.25, -0.2) is 4.79 Å². The van der Waals surface area contributed by atoms with E-state index in [4.69, 9.17) is 9.47 Å². The van der Waals surface area contributed by atoms with Gasteiger partial charge in [0.25, 0.3) is 0 Å². The van der Waals surface area contributed by atoms with Gasteiger partial charge in [-0.2, -0.15) is 0 Å². The minimum atomic E-state index is -0.896. The maximum atomic E-state index is 12.8. The van der Waals surface area contributed by atoms with Gasteiger partial charge in [0.1, 0.15) is 0 Å². The van der Waals surface area contributed by atoms with Crippen molar-refractivity contribution >= 4 is 17.3 Å². The zero-order valence-corrected chi connectivity index (χ0v) is 12.2. The number of cyclic esters (lactones) is 1. The molecular formula is C17H16O4. The Kier molecular flexibility index (Phi) is 3.06. The van der Waals surface area contributed by atoms with Crippen LogP contribution in [0.25, 0.3) is 5.57 Å². The molecule has 1 aliphatic carbocycles. The topological polar surface area (TPSA) is 52.6 Å². The molecule has 1 aromatic rings. The summed E-state index contributed by atoms with van der Waals surface area (Å²) in [4.78, 5) is 24.8. The Labute approximate surface area is 123 Å². The number of benzene rings is 1. The molecule has 1 unspecified atom stereocenters. The predicted octanol–water partition coefficient (Wildman–Crippen LogP) is 2.50. The van der Waals surface area contributed by atoms with Crippen molar-refractivity contribution in [1.29, 1.82) is 0 Å². The summed E-state index contributed by atoms with van der Waals surface area (Å²) >= 11 is 0. The number of hydrogen-bond donors (Lipinski definition) is 0. The summed E-state index contributed by atoms with van der Waals surface area (Å²) in [6.45, 7) is 3.71. The predicted molar refractivity (Wildman–Crippen MR) is 77.1 cm³/mol. The fourth-order valence-electron chi connectivity index (χ4n) is 2.83. The smallest absolute Gasteiger partial charge is 0.341 e. The van der Waals surface area contributed by atoms with E-state index in [1.165, 1.54) is 7.11 Å². The molecule has 0 radical (unpaired) electrons. The lowest BCUT2D eigenvalue weighted by Gasteiger charge is -2.31. The van der Waals surface area contributed by atoms with Gasteiger partial charge in [-0.15, -0.1) is 0 Å². The normalized spacial score (nSPS) is 23.8. The summed E-state index contributed by atoms with van der Waals surface area (Å²) in [7, 11) is 1.42. The Morgan fingerprint density at radius 3 is 2.43 bits per heavy atom. The highest BCUT2D eigenvalue weighted by Gasteiger charge is 2.48. The van der Waals surface area contributed by atoms with Crippen molar-refractivity contribution in [1.82, 2.24) is 0 Å². The van der Waals surface area contributed by atoms with E-state index in [1.54, 1.807) is 6.08 Å². The first-order valence-electron chi connectivity index (χ1n) is 6.77. The van der Waals surface area contributed by atoms with Crippen LogP contribution in [-0.4, -0.2) is 25.2 Å². The van der Waals surface area contributed by atoms with Crippen LogP contribution in [-0.2, 0) is 19.1 Å². The Hall–Kier alpha value is -2.20. The van der Waals surface area contributed by atoms with Gasteiger partial charge in [-0.05, 0) is 31.1 Å². The summed E-state index contributed by atoms with van der Waals surface area (Å²) in [6.07, 6.45) is 0.862. The summed E-state index contributed by atoms with van der Waals surface area (Å²) in [5, 5.41) is 0. The number of Topliss-reactive ketones (excluding diaryl/α,β-unsaturated/α-hetero) is 1. The van der Waals surface area contributed by atoms with E-state index in [0.29, 0.717) is 11.1 Å². The Balaban J connectivity index is 2.20. The van der Waals surface area contributed by atoms with E-state index in [0.717, 1.165) is 11.1 Å². The molecule has 2 aliphatic rings. The van der Waals surface area contributed by atoms with E-state index in [1.807, 2.05) is 44.2 Å². The SMILES string of the molecule is COC1OC(=O)C2=C1C(=O)C(C)(C)C(c1ccccc1)=C2. The van der Waals surface area contributed by atoms with E-state index < -0.39 is 17.7 Å². The van der Waals surface area contributed by atoms with E-state index in [2.05, 4.69) is 0 Å². The van der Waals surface area contributed by atoms with Crippen molar-refractivity contribution in [2.24, 2.45) is 5.41 Å². The highest BCUT2D eigenvalue weighted by atomic mass is 16.7. The number of ketones is 1. The van der Waals surface area contributed by atoms with Gasteiger partial charge >= 0.3 is 5.97 Å². The lowest BCUT2D eigenvalue weighted by atomic mass is 9.70. The molecule has 0 spiro atoms. The summed E-state index contributed by atoms with van der Waals surface area (Å²) < 4.78 is 10.2. The molecule has 0 fully saturated rings. The van der Waals surface area contributed by atoms with Crippen LogP contribution in [0.15, 0.2) is 47.6 Å². The number of carbonyl (C=O) groups is 2. The third-order valence-corrected chi connectivity index (χ3v) is 4.03. The van der Waals surface area contributed by atoms with Crippen LogP contribution in [0.2, 0.25) is 0 Å². The standard InChI is InChI=1S/C17H16O4/c1-17(2)12(10-7-5-4-6-8-10)9-11-13(14(17)18)16(20-3)21-15(11)19/h4-9,16H,1-3H3. The number of rotatable bonds is 2. The van der Waals surface area contributed by atoms with Crippen LogP contribution in [0.1, 0.15) is 19.4 Å². The largest absolute Gasteiger partial charge is 0.427 e. The molecule has 0 amide bonds. The minimum absolute atomic E-state index is 0.128. The fourth-order valence-corrected chi connectivity index (χ4v) is 2.83. The molecule has 0 aromatic heterocycles. The quantitative estimate of drug-likeness (QED) is 0.783. The first-order chi connectivity index (χ1) is 9.96. The Morgan fingerprint density at radius 2 is 1.81 bits per heavy atom. The Morgan fingerprint density at radius 1 is 1.14 bits per heavy atom. The van der Waals surface area contributed by atoms with Crippen LogP contribution >= 0.6 is 0 Å². The number of carbonyl (C=O) groups excluding carboxylic acids is 2. The summed E-state index contributed by atoms with van der Waals surface area (Å²) in [5.41, 5.74) is 1.65. The monoisotopic (exact) mass is 284 g/mol. The van der Waals surface area contributed by atoms with Crippen molar-refractivity contribution in [3.05, 3.63) is 53.1 Å². The molecular weight excluding hydrogens is 268 g/mol. The number of allylic oxidation sites excluding steroid dienone is 1. The first-order valence-corrected chi connectivity index (χ1v) is 6.77. The highest BCUT2D eigenvalue weighted by Crippen LogP contribution is 2.45. The second kappa shape index (κ2) is 4.67. The third kappa shape index (κ3) is 1.94. The molecule has 108 valence electrons. The van der Waals surface area contributed by atoms with E-state index >= 15 is 0 Å². The van der Waals surface area contributed by atoms with Crippen molar-refractivity contribution in [2.75, 3.05) is 7.11 Å². The van der Waals surface area contributed by atoms with Crippen LogP contribution in [0.3, 0.4) is 0 Å². The van der Waals surface area contributed by atoms with Gasteiger partial charge in [0.2, 0.25) is 6.29 Å². The number of esters is 1. The minimum Gasteiger partial charge on any atom is -0.427 e. The molecule has 0 N–H and O–H groups in total. The molecule has 21 heavy (non-hydrogen) atoms. The van der Waals surface area contributed by atoms with Crippen molar-refractivity contribution < 1.29 is 19.1 Å². The maximum Gasteiger partial charge on any atom is 0.341 e. The summed E-state index contributed by atoms with van der Waals surface area (Å²) in [6, 6.07) is 9.59. The lowest BCUT2D eigenvalue weighted by molar-refractivity contribution is -0.156. The van der Waals surface area contributed by atoms with Crippen LogP contribution in [0.4, 0.5) is 0 Å². The van der Waals surface area contributed by atoms with Gasteiger partial charge in [0.15, 0.2) is 5.78 Å². The molecule has 4 nitrogen and oxygen atoms in total. The number of ether oxygens (including phenoxy) is 2. The van der Waals surface area contributed by atoms with Crippen molar-refractivity contribution in [3.8, 4) is 0 Å². The van der Waals surface area contributed by atoms with E-state index in [9.17, 15) is 9.59 Å². The second-order valence-electron chi connectivity index (χ2n) is 5.68. The highest BCUT2D eigenvalue weighted by molar-refractivity contribution is 6.18. The van der Waals surface area contributed by atoms with E-state index in [-0.39, 0.29) is 5.78 Å². The average Bonchev–Trinajstić information content (AvgIpc) is 2.80. The molecule has 1 aliphatic heterocycles. The first kappa shape index (κ1) is 13.8. The molecule has 4 heteroatoms. The third-order valence-electron chi connectivity index (χ3n) is 4.03. The summed E-state index contributed by atoms with van der Waals surface area (Å²) in [5.74, 6) is -0.634. The van der Waals surface area contributed by atoms with Crippen molar-refractivity contribution in [3.63, 3.8) is 0 Å². The Bertz CT molecular complexity index is 680. The van der Waals surface area contributed by atoms with Crippen molar-refractivity contribution in [2.45, 2.75) is 20.1 Å². The van der Waals surface area contributed by atoms with Crippen LogP contribution in [0, 0.1) is 5.41 Å². The van der Waals surface area contributed by atoms with Gasteiger partial charge in [-0.3, -0.25) is 4.79 Å². The maximum absolute atomic E-state index is 12.8. The van der Waals surface area contributed by atoms with Gasteiger partial charge in [0.05, 0.1) is 16.6 Å². The zero-order valence-electron chi connectivity index (χ0n) is 12.2. The zero-order chi connectivity index (χ0) is 15.2. The molecule has 0 bridgehead atoms. The molecule has 0 saturated heterocycles. The van der Waals surface area contributed by atoms with Gasteiger partial charge in [-0.1, -0.05) is 30.3 Å². The number of methoxy groups -OCH3 is 1. The molecule has 0 saturated carbocycles. The lowest BCUT2D eigenvalue weighted by Crippen LogP contribution is -2.34. The molecule has 3 rings (SSSR count). The van der Waals surface area contributed by atoms with Gasteiger partial charge in [0, 0.05) is 7.11 Å². The average molecular weight is 284 g/mol.